The first-order chi connectivity index (χ1) is 29.2. The van der Waals surface area contributed by atoms with Crippen molar-refractivity contribution < 1.29 is 0 Å². The largest absolute Gasteiger partial charge is 0.309 e. The van der Waals surface area contributed by atoms with Gasteiger partial charge in [0.2, 0.25) is 0 Å². The van der Waals surface area contributed by atoms with E-state index in [2.05, 4.69) is 217 Å². The molecule has 0 aliphatic carbocycles. The van der Waals surface area contributed by atoms with E-state index >= 15 is 0 Å². The van der Waals surface area contributed by atoms with E-state index in [4.69, 9.17) is 9.97 Å². The van der Waals surface area contributed by atoms with E-state index in [0.29, 0.717) is 0 Å². The third-order valence-electron chi connectivity index (χ3n) is 11.9. The molecule has 59 heavy (non-hydrogen) atoms. The van der Waals surface area contributed by atoms with E-state index in [9.17, 15) is 0 Å². The topological polar surface area (TPSA) is 30.7 Å². The van der Waals surface area contributed by atoms with Gasteiger partial charge in [0.15, 0.2) is 0 Å². The van der Waals surface area contributed by atoms with Crippen molar-refractivity contribution in [3.63, 3.8) is 0 Å². The number of rotatable bonds is 5. The minimum absolute atomic E-state index is 0.914. The third-order valence-corrected chi connectivity index (χ3v) is 11.9. The van der Waals surface area contributed by atoms with E-state index < -0.39 is 0 Å². The van der Waals surface area contributed by atoms with Crippen LogP contribution in [-0.4, -0.2) is 14.5 Å². The first-order valence-corrected chi connectivity index (χ1v) is 20.1. The van der Waals surface area contributed by atoms with Crippen LogP contribution in [0.1, 0.15) is 0 Å². The maximum atomic E-state index is 5.43. The highest BCUT2D eigenvalue weighted by Gasteiger charge is 2.20. The molecule has 274 valence electrons. The molecule has 3 heterocycles. The fourth-order valence-electron chi connectivity index (χ4n) is 9.09. The fourth-order valence-corrected chi connectivity index (χ4v) is 9.09. The van der Waals surface area contributed by atoms with Crippen LogP contribution in [0.25, 0.3) is 116 Å². The van der Waals surface area contributed by atoms with Gasteiger partial charge in [-0.15, -0.1) is 0 Å². The summed E-state index contributed by atoms with van der Waals surface area (Å²) in [6.07, 6.45) is 0. The van der Waals surface area contributed by atoms with Gasteiger partial charge in [0.25, 0.3) is 0 Å². The van der Waals surface area contributed by atoms with Crippen LogP contribution in [-0.2, 0) is 0 Å². The summed E-state index contributed by atoms with van der Waals surface area (Å²) in [7, 11) is 0. The van der Waals surface area contributed by atoms with Crippen molar-refractivity contribution in [2.45, 2.75) is 0 Å². The summed E-state index contributed by atoms with van der Waals surface area (Å²) < 4.78 is 2.43. The van der Waals surface area contributed by atoms with Crippen molar-refractivity contribution >= 4 is 65.0 Å². The Labute approximate surface area is 341 Å². The number of pyridine rings is 2. The first-order valence-electron chi connectivity index (χ1n) is 20.1. The van der Waals surface area contributed by atoms with Crippen LogP contribution in [0.3, 0.4) is 0 Å². The summed E-state index contributed by atoms with van der Waals surface area (Å²) in [5.74, 6) is 0. The third kappa shape index (κ3) is 5.51. The highest BCUT2D eigenvalue weighted by molar-refractivity contribution is 6.27. The van der Waals surface area contributed by atoms with Gasteiger partial charge in [-0.25, -0.2) is 9.97 Å². The molecule has 0 fully saturated rings. The summed E-state index contributed by atoms with van der Waals surface area (Å²) in [6.45, 7) is 0. The molecule has 3 nitrogen and oxygen atoms in total. The molecule has 0 spiro atoms. The summed E-state index contributed by atoms with van der Waals surface area (Å²) in [5, 5.41) is 10.8. The predicted molar refractivity (Wildman–Crippen MR) is 248 cm³/mol. The van der Waals surface area contributed by atoms with E-state index in [1.807, 2.05) is 0 Å². The molecule has 0 radical (unpaired) electrons. The number of fused-ring (bicyclic) bond motifs is 9. The van der Waals surface area contributed by atoms with Gasteiger partial charge in [-0.1, -0.05) is 158 Å². The minimum Gasteiger partial charge on any atom is -0.309 e. The number of nitrogens with zero attached hydrogens (tertiary/aromatic N) is 3. The molecule has 12 aromatic rings. The second-order valence-corrected chi connectivity index (χ2v) is 15.4. The Morgan fingerprint density at radius 2 is 0.915 bits per heavy atom. The Balaban J connectivity index is 1.09. The van der Waals surface area contributed by atoms with Gasteiger partial charge >= 0.3 is 0 Å². The molecule has 9 aromatic carbocycles. The lowest BCUT2D eigenvalue weighted by atomic mass is 9.95. The van der Waals surface area contributed by atoms with Crippen LogP contribution in [0.2, 0.25) is 0 Å². The Hall–Kier alpha value is -7.88. The van der Waals surface area contributed by atoms with Gasteiger partial charge < -0.3 is 4.57 Å². The molecule has 3 heteroatoms. The molecule has 0 atom stereocenters. The SMILES string of the molecule is c1ccc(-n2c3ccccc3c3ccc4c(-c5cccc(-c6cc(-c7ccc8ccccc8c7)cc(-c7ccc8ccccc8c7)n6)c5)nc5ccccc5c4c32)cc1. The molecule has 0 amide bonds. The zero-order valence-corrected chi connectivity index (χ0v) is 32.0. The molecule has 12 rings (SSSR count). The monoisotopic (exact) mass is 749 g/mol. The van der Waals surface area contributed by atoms with Crippen molar-refractivity contribution in [3.8, 4) is 50.6 Å². The van der Waals surface area contributed by atoms with Gasteiger partial charge in [-0.05, 0) is 87.3 Å². The quantitative estimate of drug-likeness (QED) is 0.164. The van der Waals surface area contributed by atoms with Gasteiger partial charge in [0, 0.05) is 49.3 Å². The van der Waals surface area contributed by atoms with Crippen LogP contribution in [0.4, 0.5) is 0 Å². The lowest BCUT2D eigenvalue weighted by Crippen LogP contribution is -1.96. The van der Waals surface area contributed by atoms with Crippen molar-refractivity contribution in [2.75, 3.05) is 0 Å². The van der Waals surface area contributed by atoms with E-state index in [1.54, 1.807) is 0 Å². The van der Waals surface area contributed by atoms with Crippen LogP contribution < -0.4 is 0 Å². The first kappa shape index (κ1) is 33.3. The molecular weight excluding hydrogens is 715 g/mol. The second-order valence-electron chi connectivity index (χ2n) is 15.4. The average molecular weight is 750 g/mol. The van der Waals surface area contributed by atoms with Crippen molar-refractivity contribution in [1.82, 2.24) is 14.5 Å². The van der Waals surface area contributed by atoms with Crippen LogP contribution in [0.15, 0.2) is 212 Å². The highest BCUT2D eigenvalue weighted by atomic mass is 15.0. The lowest BCUT2D eigenvalue weighted by molar-refractivity contribution is 1.19. The van der Waals surface area contributed by atoms with Crippen molar-refractivity contribution in [1.29, 1.82) is 0 Å². The average Bonchev–Trinajstić information content (AvgIpc) is 3.65. The molecule has 0 aliphatic heterocycles. The Morgan fingerprint density at radius 3 is 1.69 bits per heavy atom. The van der Waals surface area contributed by atoms with Gasteiger partial charge in [0.05, 0.1) is 33.6 Å². The van der Waals surface area contributed by atoms with Crippen LogP contribution >= 0.6 is 0 Å². The van der Waals surface area contributed by atoms with E-state index in [0.717, 1.165) is 66.9 Å². The molecular formula is C56H35N3. The zero-order valence-electron chi connectivity index (χ0n) is 32.0. The Bertz CT molecular complexity index is 3520. The van der Waals surface area contributed by atoms with Crippen LogP contribution in [0, 0.1) is 0 Å². The molecule has 0 aliphatic rings. The summed E-state index contributed by atoms with van der Waals surface area (Å²) in [4.78, 5) is 10.8. The van der Waals surface area contributed by atoms with Crippen molar-refractivity contribution in [3.05, 3.63) is 212 Å². The maximum Gasteiger partial charge on any atom is 0.0789 e. The number of hydrogen-bond acceptors (Lipinski definition) is 2. The molecule has 0 unspecified atom stereocenters. The highest BCUT2D eigenvalue weighted by Crippen LogP contribution is 2.43. The smallest absolute Gasteiger partial charge is 0.0789 e. The second kappa shape index (κ2) is 13.4. The fraction of sp³-hybridized carbons (Fsp3) is 0. The maximum absolute atomic E-state index is 5.43. The Kier molecular flexibility index (Phi) is 7.54. The molecule has 0 bridgehead atoms. The van der Waals surface area contributed by atoms with Gasteiger partial charge in [-0.3, -0.25) is 0 Å². The van der Waals surface area contributed by atoms with Crippen molar-refractivity contribution in [2.24, 2.45) is 0 Å². The number of hydrogen-bond donors (Lipinski definition) is 0. The molecule has 0 saturated heterocycles. The normalized spacial score (nSPS) is 11.7. The molecule has 3 aromatic heterocycles. The number of benzene rings is 9. The standard InChI is InChI=1S/C56H35N3/c1-2-19-45(20-3-1)59-53-24-11-9-21-46(53)47-29-30-49-54(56(47)59)48-22-8-10-23-50(48)58-55(49)43-18-12-17-41(33-43)51-34-44(40-27-25-36-13-4-6-15-38(36)31-40)35-52(57-51)42-28-26-37-14-5-7-16-39(37)32-42/h1-35H. The molecule has 0 N–H and O–H groups in total. The summed E-state index contributed by atoms with van der Waals surface area (Å²) >= 11 is 0. The summed E-state index contributed by atoms with van der Waals surface area (Å²) in [5.41, 5.74) is 12.7. The minimum atomic E-state index is 0.914. The van der Waals surface area contributed by atoms with E-state index in [1.165, 1.54) is 48.7 Å². The van der Waals surface area contributed by atoms with Gasteiger partial charge in [0.1, 0.15) is 0 Å². The van der Waals surface area contributed by atoms with E-state index in [-0.39, 0.29) is 0 Å². The van der Waals surface area contributed by atoms with Crippen LogP contribution in [0.5, 0.6) is 0 Å². The predicted octanol–water partition coefficient (Wildman–Crippen LogP) is 14.9. The lowest BCUT2D eigenvalue weighted by Gasteiger charge is -2.15. The summed E-state index contributed by atoms with van der Waals surface area (Å²) in [6, 6.07) is 76.3. The number of aromatic nitrogens is 3. The van der Waals surface area contributed by atoms with Gasteiger partial charge in [-0.2, -0.15) is 0 Å². The Morgan fingerprint density at radius 1 is 0.322 bits per heavy atom. The number of para-hydroxylation sites is 3. The zero-order chi connectivity index (χ0) is 38.9. The molecule has 0 saturated carbocycles.